The number of hydrogen-bond acceptors (Lipinski definition) is 4. The van der Waals surface area contributed by atoms with Crippen molar-refractivity contribution in [1.29, 1.82) is 0 Å². The standard InChI is InChI=1S/C7H4N2O2/c10-3-5-4-11-7-2-9-8-1-6(5)7/h1-4H. The molecule has 0 saturated heterocycles. The van der Waals surface area contributed by atoms with E-state index in [9.17, 15) is 4.79 Å². The van der Waals surface area contributed by atoms with E-state index in [1.165, 1.54) is 18.7 Å². The van der Waals surface area contributed by atoms with Crippen LogP contribution in [-0.4, -0.2) is 16.5 Å². The molecule has 2 rings (SSSR count). The second kappa shape index (κ2) is 2.16. The molecule has 0 spiro atoms. The van der Waals surface area contributed by atoms with Crippen molar-refractivity contribution in [2.45, 2.75) is 0 Å². The topological polar surface area (TPSA) is 56.0 Å². The molecule has 0 aliphatic heterocycles. The number of furan rings is 1. The van der Waals surface area contributed by atoms with Gasteiger partial charge in [-0.05, 0) is 0 Å². The Balaban J connectivity index is 2.86. The lowest BCUT2D eigenvalue weighted by Crippen LogP contribution is -1.79. The zero-order chi connectivity index (χ0) is 7.68. The summed E-state index contributed by atoms with van der Waals surface area (Å²) in [5.41, 5.74) is 1.09. The maximum Gasteiger partial charge on any atom is 0.156 e. The fraction of sp³-hybridized carbons (Fsp3) is 0. The van der Waals surface area contributed by atoms with Gasteiger partial charge in [-0.2, -0.15) is 10.2 Å². The second-order valence-corrected chi connectivity index (χ2v) is 2.08. The molecule has 0 amide bonds. The molecule has 4 nitrogen and oxygen atoms in total. The lowest BCUT2D eigenvalue weighted by atomic mass is 10.2. The van der Waals surface area contributed by atoms with Crippen LogP contribution in [0.1, 0.15) is 10.4 Å². The Labute approximate surface area is 61.8 Å². The number of aldehydes is 1. The van der Waals surface area contributed by atoms with Crippen LogP contribution in [0.2, 0.25) is 0 Å². The van der Waals surface area contributed by atoms with Crippen LogP contribution in [-0.2, 0) is 0 Å². The first-order valence-electron chi connectivity index (χ1n) is 3.05. The maximum atomic E-state index is 10.4. The Hall–Kier alpha value is -1.71. The van der Waals surface area contributed by atoms with Crippen molar-refractivity contribution in [3.63, 3.8) is 0 Å². The van der Waals surface area contributed by atoms with Crippen LogP contribution >= 0.6 is 0 Å². The van der Waals surface area contributed by atoms with Crippen LogP contribution in [0.25, 0.3) is 11.0 Å². The van der Waals surface area contributed by atoms with E-state index in [1.54, 1.807) is 0 Å². The number of carbonyl (C=O) groups is 1. The summed E-state index contributed by atoms with van der Waals surface area (Å²) in [6, 6.07) is 0. The van der Waals surface area contributed by atoms with E-state index in [-0.39, 0.29) is 0 Å². The van der Waals surface area contributed by atoms with E-state index in [1.807, 2.05) is 0 Å². The lowest BCUT2D eigenvalue weighted by Gasteiger charge is -1.82. The average Bonchev–Trinajstić information content (AvgIpc) is 2.47. The first-order chi connectivity index (χ1) is 5.42. The van der Waals surface area contributed by atoms with Gasteiger partial charge in [-0.1, -0.05) is 0 Å². The number of hydrogen-bond donors (Lipinski definition) is 0. The molecule has 4 heteroatoms. The molecule has 0 saturated carbocycles. The quantitative estimate of drug-likeness (QED) is 0.567. The minimum absolute atomic E-state index is 0.509. The number of carbonyl (C=O) groups excluding carboxylic acids is 1. The van der Waals surface area contributed by atoms with Crippen molar-refractivity contribution in [2.24, 2.45) is 0 Å². The predicted octanol–water partition coefficient (Wildman–Crippen LogP) is 1.04. The molecule has 54 valence electrons. The highest BCUT2D eigenvalue weighted by atomic mass is 16.3. The van der Waals surface area contributed by atoms with Crippen LogP contribution in [0.5, 0.6) is 0 Å². The summed E-state index contributed by atoms with van der Waals surface area (Å²) in [5, 5.41) is 7.93. The van der Waals surface area contributed by atoms with Crippen LogP contribution in [0.3, 0.4) is 0 Å². The van der Waals surface area contributed by atoms with E-state index >= 15 is 0 Å². The molecule has 0 aromatic carbocycles. The fourth-order valence-electron chi connectivity index (χ4n) is 0.902. The van der Waals surface area contributed by atoms with Crippen molar-refractivity contribution in [3.8, 4) is 0 Å². The number of aromatic nitrogens is 2. The molecule has 0 aliphatic carbocycles. The molecule has 0 unspecified atom stereocenters. The Morgan fingerprint density at radius 1 is 1.36 bits per heavy atom. The monoisotopic (exact) mass is 148 g/mol. The predicted molar refractivity (Wildman–Crippen MR) is 37.2 cm³/mol. The Bertz CT molecular complexity index is 394. The highest BCUT2D eigenvalue weighted by Gasteiger charge is 2.03. The third-order valence-electron chi connectivity index (χ3n) is 1.44. The van der Waals surface area contributed by atoms with Crippen LogP contribution < -0.4 is 0 Å². The van der Waals surface area contributed by atoms with Gasteiger partial charge in [0.1, 0.15) is 6.26 Å². The molecule has 0 radical (unpaired) electrons. The summed E-state index contributed by atoms with van der Waals surface area (Å²) >= 11 is 0. The van der Waals surface area contributed by atoms with Gasteiger partial charge < -0.3 is 4.42 Å². The number of fused-ring (bicyclic) bond motifs is 1. The van der Waals surface area contributed by atoms with E-state index in [2.05, 4.69) is 10.2 Å². The van der Waals surface area contributed by atoms with E-state index in [4.69, 9.17) is 4.42 Å². The molecule has 11 heavy (non-hydrogen) atoms. The molecule has 2 heterocycles. The smallest absolute Gasteiger partial charge is 0.156 e. The normalized spacial score (nSPS) is 10.2. The SMILES string of the molecule is O=Cc1coc2cnncc12. The molecule has 0 bridgehead atoms. The molecule has 0 aliphatic rings. The third-order valence-corrected chi connectivity index (χ3v) is 1.44. The van der Waals surface area contributed by atoms with Gasteiger partial charge in [0.15, 0.2) is 11.9 Å². The molecular formula is C7H4N2O2. The van der Waals surface area contributed by atoms with Crippen molar-refractivity contribution >= 4 is 17.3 Å². The third kappa shape index (κ3) is 0.797. The van der Waals surface area contributed by atoms with Gasteiger partial charge in [-0.15, -0.1) is 0 Å². The van der Waals surface area contributed by atoms with Gasteiger partial charge >= 0.3 is 0 Å². The number of rotatable bonds is 1. The highest BCUT2D eigenvalue weighted by Crippen LogP contribution is 2.16. The number of nitrogens with zero attached hydrogens (tertiary/aromatic N) is 2. The van der Waals surface area contributed by atoms with Gasteiger partial charge in [0.2, 0.25) is 0 Å². The van der Waals surface area contributed by atoms with Crippen molar-refractivity contribution in [1.82, 2.24) is 10.2 Å². The summed E-state index contributed by atoms with van der Waals surface area (Å²) < 4.78 is 5.01. The van der Waals surface area contributed by atoms with Gasteiger partial charge in [0.05, 0.1) is 23.3 Å². The van der Waals surface area contributed by atoms with Crippen molar-refractivity contribution in [2.75, 3.05) is 0 Å². The summed E-state index contributed by atoms with van der Waals surface area (Å²) in [5.74, 6) is 0. The minimum atomic E-state index is 0.509. The lowest BCUT2D eigenvalue weighted by molar-refractivity contribution is 0.112. The summed E-state index contributed by atoms with van der Waals surface area (Å²) in [6.07, 6.45) is 5.10. The van der Waals surface area contributed by atoms with Crippen LogP contribution in [0.4, 0.5) is 0 Å². The van der Waals surface area contributed by atoms with Gasteiger partial charge in [-0.25, -0.2) is 0 Å². The minimum Gasteiger partial charge on any atom is -0.462 e. The van der Waals surface area contributed by atoms with E-state index in [0.29, 0.717) is 16.5 Å². The Morgan fingerprint density at radius 2 is 2.18 bits per heavy atom. The van der Waals surface area contributed by atoms with Gasteiger partial charge in [-0.3, -0.25) is 4.79 Å². The van der Waals surface area contributed by atoms with Crippen LogP contribution in [0, 0.1) is 0 Å². The summed E-state index contributed by atoms with van der Waals surface area (Å²) in [4.78, 5) is 10.4. The summed E-state index contributed by atoms with van der Waals surface area (Å²) in [6.45, 7) is 0. The van der Waals surface area contributed by atoms with Gasteiger partial charge in [0.25, 0.3) is 0 Å². The average molecular weight is 148 g/mol. The molecule has 2 aromatic rings. The zero-order valence-electron chi connectivity index (χ0n) is 5.52. The first-order valence-corrected chi connectivity index (χ1v) is 3.05. The largest absolute Gasteiger partial charge is 0.462 e. The molecule has 0 atom stereocenters. The zero-order valence-corrected chi connectivity index (χ0v) is 5.52. The second-order valence-electron chi connectivity index (χ2n) is 2.08. The molecule has 2 aromatic heterocycles. The highest BCUT2D eigenvalue weighted by molar-refractivity contribution is 5.94. The first kappa shape index (κ1) is 6.03. The fourth-order valence-corrected chi connectivity index (χ4v) is 0.902. The van der Waals surface area contributed by atoms with Crippen molar-refractivity contribution in [3.05, 3.63) is 24.2 Å². The van der Waals surface area contributed by atoms with E-state index in [0.717, 1.165) is 6.29 Å². The maximum absolute atomic E-state index is 10.4. The van der Waals surface area contributed by atoms with Crippen molar-refractivity contribution < 1.29 is 9.21 Å². The molecule has 0 N–H and O–H groups in total. The Kier molecular flexibility index (Phi) is 1.18. The Morgan fingerprint density at radius 3 is 3.00 bits per heavy atom. The molecular weight excluding hydrogens is 144 g/mol. The van der Waals surface area contributed by atoms with Gasteiger partial charge in [0, 0.05) is 0 Å². The van der Waals surface area contributed by atoms with E-state index < -0.39 is 0 Å². The molecule has 0 fully saturated rings. The van der Waals surface area contributed by atoms with Crippen LogP contribution in [0.15, 0.2) is 23.1 Å². The summed E-state index contributed by atoms with van der Waals surface area (Å²) in [7, 11) is 0.